The summed E-state index contributed by atoms with van der Waals surface area (Å²) in [4.78, 5) is 0. The van der Waals surface area contributed by atoms with Gasteiger partial charge in [0.25, 0.3) is 0 Å². The van der Waals surface area contributed by atoms with E-state index in [1.54, 1.807) is 0 Å². The van der Waals surface area contributed by atoms with Gasteiger partial charge in [0.05, 0.1) is 0 Å². The van der Waals surface area contributed by atoms with E-state index in [0.29, 0.717) is 12.5 Å². The van der Waals surface area contributed by atoms with Crippen molar-refractivity contribution in [1.82, 2.24) is 0 Å². The fourth-order valence-electron chi connectivity index (χ4n) is 3.98. The maximum Gasteiger partial charge on any atom is 0.120 e. The van der Waals surface area contributed by atoms with E-state index in [2.05, 4.69) is 70.9 Å². The molecule has 0 radical (unpaired) electrons. The van der Waals surface area contributed by atoms with Gasteiger partial charge >= 0.3 is 0 Å². The summed E-state index contributed by atoms with van der Waals surface area (Å²) in [6.45, 7) is 19.9. The van der Waals surface area contributed by atoms with Crippen molar-refractivity contribution in [2.75, 3.05) is 0 Å². The normalized spacial score (nSPS) is 14.6. The van der Waals surface area contributed by atoms with Crippen molar-refractivity contribution in [2.45, 2.75) is 86.3 Å². The van der Waals surface area contributed by atoms with Crippen molar-refractivity contribution < 1.29 is 4.74 Å². The molecule has 2 aromatic rings. The van der Waals surface area contributed by atoms with E-state index in [9.17, 15) is 0 Å². The average molecular weight is 432 g/mol. The highest BCUT2D eigenvalue weighted by molar-refractivity contribution is 5.71. The fraction of sp³-hybridized carbons (Fsp3) is 0.467. The Morgan fingerprint density at radius 2 is 1.69 bits per heavy atom. The zero-order valence-electron chi connectivity index (χ0n) is 21.5. The molecule has 32 heavy (non-hydrogen) atoms. The van der Waals surface area contributed by atoms with Gasteiger partial charge in [-0.3, -0.25) is 0 Å². The molecule has 0 bridgehead atoms. The molecule has 1 unspecified atom stereocenters. The van der Waals surface area contributed by atoms with Crippen molar-refractivity contribution in [3.8, 4) is 18.1 Å². The van der Waals surface area contributed by atoms with Gasteiger partial charge in [-0.15, -0.1) is 6.42 Å². The Balaban J connectivity index is 2.43. The molecule has 2 aromatic carbocycles. The average Bonchev–Trinajstić information content (AvgIpc) is 2.74. The second-order valence-electron chi connectivity index (χ2n) is 10.3. The summed E-state index contributed by atoms with van der Waals surface area (Å²) in [7, 11) is 0. The van der Waals surface area contributed by atoms with Crippen LogP contribution >= 0.6 is 0 Å². The molecule has 0 amide bonds. The lowest BCUT2D eigenvalue weighted by Crippen LogP contribution is -2.28. The zero-order chi connectivity index (χ0) is 24.3. The Kier molecular flexibility index (Phi) is 8.02. The summed E-state index contributed by atoms with van der Waals surface area (Å²) in [5, 5.41) is 0. The monoisotopic (exact) mass is 431 g/mol. The first kappa shape index (κ1) is 25.8. The number of rotatable bonds is 8. The number of benzene rings is 2. The van der Waals surface area contributed by atoms with Crippen LogP contribution in [0.2, 0.25) is 0 Å². The molecule has 172 valence electrons. The van der Waals surface area contributed by atoms with E-state index < -0.39 is 5.54 Å². The third kappa shape index (κ3) is 5.84. The minimum absolute atomic E-state index is 0.145. The molecule has 0 heterocycles. The maximum absolute atomic E-state index is 6.43. The molecule has 0 fully saturated rings. The lowest BCUT2D eigenvalue weighted by Gasteiger charge is -2.34. The van der Waals surface area contributed by atoms with Crippen LogP contribution < -0.4 is 10.5 Å². The third-order valence-electron chi connectivity index (χ3n) is 7.07. The lowest BCUT2D eigenvalue weighted by molar-refractivity contribution is 0.302. The highest BCUT2D eigenvalue weighted by Gasteiger charge is 2.29. The van der Waals surface area contributed by atoms with Crippen molar-refractivity contribution in [2.24, 2.45) is 11.7 Å². The van der Waals surface area contributed by atoms with Gasteiger partial charge in [-0.05, 0) is 98.4 Å². The molecule has 1 atom stereocenters. The topological polar surface area (TPSA) is 35.2 Å². The standard InChI is InChI=1S/C30H41NO/c1-11-22(6)23(7)25-16-26(29(8,9)31)18-28(17-25)32-19-24-13-21(5)14-27(15-24)30(10,12-2)20(3)4/h1,13-18,20H,12,19,31H2,2-10H3/b23-22-. The van der Waals surface area contributed by atoms with Gasteiger partial charge in [0, 0.05) is 11.1 Å². The second-order valence-corrected chi connectivity index (χ2v) is 10.3. The van der Waals surface area contributed by atoms with Crippen molar-refractivity contribution in [3.63, 3.8) is 0 Å². The number of hydrogen-bond donors (Lipinski definition) is 1. The van der Waals surface area contributed by atoms with Gasteiger partial charge in [0.1, 0.15) is 12.4 Å². The van der Waals surface area contributed by atoms with Crippen LogP contribution in [0.1, 0.15) is 89.6 Å². The first-order valence-electron chi connectivity index (χ1n) is 11.6. The molecule has 2 rings (SSSR count). The Morgan fingerprint density at radius 3 is 2.22 bits per heavy atom. The molecule has 0 spiro atoms. The van der Waals surface area contributed by atoms with Crippen LogP contribution in [-0.2, 0) is 17.6 Å². The summed E-state index contributed by atoms with van der Waals surface area (Å²) in [6, 6.07) is 13.1. The molecule has 0 aliphatic heterocycles. The van der Waals surface area contributed by atoms with Crippen molar-refractivity contribution >= 4 is 5.57 Å². The number of nitrogens with two attached hydrogens (primary N) is 1. The molecular weight excluding hydrogens is 390 g/mol. The van der Waals surface area contributed by atoms with Crippen molar-refractivity contribution in [1.29, 1.82) is 0 Å². The van der Waals surface area contributed by atoms with E-state index in [1.165, 1.54) is 16.7 Å². The molecule has 2 nitrogen and oxygen atoms in total. The first-order valence-corrected chi connectivity index (χ1v) is 11.6. The van der Waals surface area contributed by atoms with Crippen LogP contribution in [0.5, 0.6) is 5.75 Å². The van der Waals surface area contributed by atoms with Crippen LogP contribution in [0.15, 0.2) is 42.0 Å². The highest BCUT2D eigenvalue weighted by atomic mass is 16.5. The number of terminal acetylenes is 1. The largest absolute Gasteiger partial charge is 0.489 e. The maximum atomic E-state index is 6.43. The molecule has 0 saturated heterocycles. The van der Waals surface area contributed by atoms with E-state index in [0.717, 1.165) is 34.4 Å². The summed E-state index contributed by atoms with van der Waals surface area (Å²) in [5.41, 5.74) is 14.0. The second kappa shape index (κ2) is 9.97. The Bertz CT molecular complexity index is 1030. The van der Waals surface area contributed by atoms with Gasteiger partial charge in [0.15, 0.2) is 0 Å². The van der Waals surface area contributed by atoms with Crippen LogP contribution in [0, 0.1) is 25.2 Å². The predicted octanol–water partition coefficient (Wildman–Crippen LogP) is 7.52. The summed E-state index contributed by atoms with van der Waals surface area (Å²) in [5.74, 6) is 4.12. The highest BCUT2D eigenvalue weighted by Crippen LogP contribution is 2.36. The SMILES string of the molecule is C#C/C(C)=C(/C)c1cc(OCc2cc(C)cc(C(C)(CC)C(C)C)c2)cc(C(C)(C)N)c1. The number of allylic oxidation sites excluding steroid dienone is 2. The third-order valence-corrected chi connectivity index (χ3v) is 7.07. The summed E-state index contributed by atoms with van der Waals surface area (Å²) < 4.78 is 6.32. The first-order chi connectivity index (χ1) is 14.8. The lowest BCUT2D eigenvalue weighted by atomic mass is 9.71. The Labute approximate surface area is 196 Å². The van der Waals surface area contributed by atoms with Gasteiger partial charge in [-0.1, -0.05) is 57.4 Å². The van der Waals surface area contributed by atoms with Gasteiger partial charge in [-0.2, -0.15) is 0 Å². The minimum Gasteiger partial charge on any atom is -0.489 e. The number of hydrogen-bond acceptors (Lipinski definition) is 2. The molecule has 0 saturated carbocycles. The van der Waals surface area contributed by atoms with E-state index in [1.807, 2.05) is 33.8 Å². The zero-order valence-corrected chi connectivity index (χ0v) is 21.5. The van der Waals surface area contributed by atoms with E-state index >= 15 is 0 Å². The van der Waals surface area contributed by atoms with Gasteiger partial charge in [-0.25, -0.2) is 0 Å². The molecule has 0 aromatic heterocycles. The fourth-order valence-corrected chi connectivity index (χ4v) is 3.98. The molecular formula is C30H41NO. The van der Waals surface area contributed by atoms with Crippen molar-refractivity contribution in [3.05, 3.63) is 69.8 Å². The molecule has 2 heteroatoms. The number of aryl methyl sites for hydroxylation is 1. The van der Waals surface area contributed by atoms with Gasteiger partial charge in [0.2, 0.25) is 0 Å². The van der Waals surface area contributed by atoms with Gasteiger partial charge < -0.3 is 10.5 Å². The molecule has 0 aliphatic rings. The van der Waals surface area contributed by atoms with E-state index in [-0.39, 0.29) is 5.41 Å². The molecule has 2 N–H and O–H groups in total. The summed E-state index contributed by atoms with van der Waals surface area (Å²) in [6.07, 6.45) is 6.74. The summed E-state index contributed by atoms with van der Waals surface area (Å²) >= 11 is 0. The van der Waals surface area contributed by atoms with Crippen LogP contribution in [-0.4, -0.2) is 0 Å². The minimum atomic E-state index is -0.477. The predicted molar refractivity (Wildman–Crippen MR) is 139 cm³/mol. The Morgan fingerprint density at radius 1 is 1.03 bits per heavy atom. The quantitative estimate of drug-likeness (QED) is 0.439. The van der Waals surface area contributed by atoms with Crippen LogP contribution in [0.3, 0.4) is 0 Å². The molecule has 0 aliphatic carbocycles. The van der Waals surface area contributed by atoms with Crippen LogP contribution in [0.4, 0.5) is 0 Å². The number of ether oxygens (including phenoxy) is 1. The smallest absolute Gasteiger partial charge is 0.120 e. The van der Waals surface area contributed by atoms with Crippen LogP contribution in [0.25, 0.3) is 5.57 Å². The van der Waals surface area contributed by atoms with E-state index in [4.69, 9.17) is 16.9 Å². The Hall–Kier alpha value is -2.50.